The fourth-order valence-corrected chi connectivity index (χ4v) is 1.46. The quantitative estimate of drug-likeness (QED) is 0.852. The Balaban J connectivity index is 2.23. The SMILES string of the molecule is CCC(N)Cc1ccnc(-c2cnccn2)n1. The van der Waals surface area contributed by atoms with Crippen molar-refractivity contribution in [3.8, 4) is 11.5 Å². The van der Waals surface area contributed by atoms with Crippen LogP contribution in [0.25, 0.3) is 11.5 Å². The second-order valence-corrected chi connectivity index (χ2v) is 3.83. The second kappa shape index (κ2) is 5.45. The van der Waals surface area contributed by atoms with E-state index >= 15 is 0 Å². The predicted octanol–water partition coefficient (Wildman–Crippen LogP) is 1.21. The number of aromatic nitrogens is 4. The van der Waals surface area contributed by atoms with Crippen LogP contribution in [-0.4, -0.2) is 26.0 Å². The molecular formula is C12H15N5. The van der Waals surface area contributed by atoms with Gasteiger partial charge in [0.1, 0.15) is 5.69 Å². The first-order chi connectivity index (χ1) is 8.29. The highest BCUT2D eigenvalue weighted by molar-refractivity contribution is 5.46. The van der Waals surface area contributed by atoms with Crippen molar-refractivity contribution in [1.82, 2.24) is 19.9 Å². The first kappa shape index (κ1) is 11.6. The molecule has 0 spiro atoms. The van der Waals surface area contributed by atoms with Crippen LogP contribution in [-0.2, 0) is 6.42 Å². The highest BCUT2D eigenvalue weighted by Gasteiger charge is 2.06. The summed E-state index contributed by atoms with van der Waals surface area (Å²) in [5, 5.41) is 0. The van der Waals surface area contributed by atoms with Gasteiger partial charge >= 0.3 is 0 Å². The van der Waals surface area contributed by atoms with Crippen molar-refractivity contribution in [2.75, 3.05) is 0 Å². The van der Waals surface area contributed by atoms with E-state index in [0.717, 1.165) is 18.5 Å². The minimum Gasteiger partial charge on any atom is -0.327 e. The Morgan fingerprint density at radius 1 is 1.24 bits per heavy atom. The highest BCUT2D eigenvalue weighted by atomic mass is 14.9. The standard InChI is InChI=1S/C12H15N5/c1-2-9(13)7-10-3-4-16-12(17-10)11-8-14-5-6-15-11/h3-6,8-9H,2,7,13H2,1H3. The molecule has 0 aliphatic carbocycles. The van der Waals surface area contributed by atoms with Crippen LogP contribution < -0.4 is 5.73 Å². The first-order valence-electron chi connectivity index (χ1n) is 5.63. The lowest BCUT2D eigenvalue weighted by Crippen LogP contribution is -2.22. The van der Waals surface area contributed by atoms with Crippen LogP contribution in [0, 0.1) is 0 Å². The summed E-state index contributed by atoms with van der Waals surface area (Å²) in [7, 11) is 0. The zero-order valence-electron chi connectivity index (χ0n) is 9.74. The molecule has 1 atom stereocenters. The average Bonchev–Trinajstić information content (AvgIpc) is 2.40. The fraction of sp³-hybridized carbons (Fsp3) is 0.333. The van der Waals surface area contributed by atoms with E-state index in [1.807, 2.05) is 6.07 Å². The van der Waals surface area contributed by atoms with Gasteiger partial charge in [0.15, 0.2) is 5.82 Å². The lowest BCUT2D eigenvalue weighted by molar-refractivity contribution is 0.636. The summed E-state index contributed by atoms with van der Waals surface area (Å²) in [6.07, 6.45) is 8.33. The van der Waals surface area contributed by atoms with Gasteiger partial charge in [0.25, 0.3) is 0 Å². The summed E-state index contributed by atoms with van der Waals surface area (Å²) in [6.45, 7) is 2.06. The van der Waals surface area contributed by atoms with Crippen molar-refractivity contribution in [1.29, 1.82) is 0 Å². The summed E-state index contributed by atoms with van der Waals surface area (Å²) in [5.74, 6) is 0.596. The maximum Gasteiger partial charge on any atom is 0.179 e. The van der Waals surface area contributed by atoms with Gasteiger partial charge in [-0.3, -0.25) is 4.98 Å². The minimum absolute atomic E-state index is 0.139. The van der Waals surface area contributed by atoms with E-state index in [9.17, 15) is 0 Å². The molecule has 0 aliphatic rings. The van der Waals surface area contributed by atoms with Crippen LogP contribution in [0.4, 0.5) is 0 Å². The van der Waals surface area contributed by atoms with Gasteiger partial charge in [0, 0.05) is 36.7 Å². The van der Waals surface area contributed by atoms with E-state index in [2.05, 4.69) is 26.9 Å². The van der Waals surface area contributed by atoms with Gasteiger partial charge in [-0.1, -0.05) is 6.92 Å². The third-order valence-electron chi connectivity index (χ3n) is 2.50. The molecule has 5 heteroatoms. The van der Waals surface area contributed by atoms with E-state index in [-0.39, 0.29) is 6.04 Å². The molecule has 0 amide bonds. The van der Waals surface area contributed by atoms with Crippen LogP contribution in [0.1, 0.15) is 19.0 Å². The summed E-state index contributed by atoms with van der Waals surface area (Å²) in [5.41, 5.74) is 7.53. The molecule has 2 N–H and O–H groups in total. The molecule has 0 aliphatic heterocycles. The maximum atomic E-state index is 5.91. The molecule has 0 saturated heterocycles. The normalized spacial score (nSPS) is 12.4. The van der Waals surface area contributed by atoms with E-state index in [4.69, 9.17) is 5.73 Å². The summed E-state index contributed by atoms with van der Waals surface area (Å²) >= 11 is 0. The molecule has 5 nitrogen and oxygen atoms in total. The predicted molar refractivity (Wildman–Crippen MR) is 65.0 cm³/mol. The van der Waals surface area contributed by atoms with Crippen molar-refractivity contribution in [2.24, 2.45) is 5.73 Å². The molecule has 17 heavy (non-hydrogen) atoms. The van der Waals surface area contributed by atoms with Gasteiger partial charge in [-0.05, 0) is 12.5 Å². The molecular weight excluding hydrogens is 214 g/mol. The number of rotatable bonds is 4. The molecule has 0 saturated carbocycles. The van der Waals surface area contributed by atoms with Crippen LogP contribution in [0.3, 0.4) is 0 Å². The van der Waals surface area contributed by atoms with Crippen molar-refractivity contribution in [2.45, 2.75) is 25.8 Å². The van der Waals surface area contributed by atoms with Crippen molar-refractivity contribution in [3.05, 3.63) is 36.5 Å². The molecule has 2 aromatic heterocycles. The molecule has 0 fully saturated rings. The Morgan fingerprint density at radius 3 is 2.82 bits per heavy atom. The number of hydrogen-bond donors (Lipinski definition) is 1. The Bertz CT molecular complexity index is 471. The first-order valence-corrected chi connectivity index (χ1v) is 5.63. The van der Waals surface area contributed by atoms with E-state index in [1.165, 1.54) is 0 Å². The van der Waals surface area contributed by atoms with Crippen LogP contribution in [0.5, 0.6) is 0 Å². The number of hydrogen-bond acceptors (Lipinski definition) is 5. The van der Waals surface area contributed by atoms with Crippen LogP contribution >= 0.6 is 0 Å². The Kier molecular flexibility index (Phi) is 3.72. The monoisotopic (exact) mass is 229 g/mol. The van der Waals surface area contributed by atoms with Gasteiger partial charge in [-0.25, -0.2) is 15.0 Å². The summed E-state index contributed by atoms with van der Waals surface area (Å²) in [6, 6.07) is 2.02. The Morgan fingerprint density at radius 2 is 2.12 bits per heavy atom. The average molecular weight is 229 g/mol. The van der Waals surface area contributed by atoms with E-state index < -0.39 is 0 Å². The zero-order valence-corrected chi connectivity index (χ0v) is 9.74. The van der Waals surface area contributed by atoms with Gasteiger partial charge in [0.2, 0.25) is 0 Å². The number of nitrogens with two attached hydrogens (primary N) is 1. The Labute approximate surface area is 100 Å². The molecule has 2 heterocycles. The topological polar surface area (TPSA) is 77.6 Å². The molecule has 1 unspecified atom stereocenters. The summed E-state index contributed by atoms with van der Waals surface area (Å²) < 4.78 is 0. The van der Waals surface area contributed by atoms with Crippen LogP contribution in [0.15, 0.2) is 30.9 Å². The van der Waals surface area contributed by atoms with Gasteiger partial charge in [-0.15, -0.1) is 0 Å². The Hall–Kier alpha value is -1.88. The summed E-state index contributed by atoms with van der Waals surface area (Å²) in [4.78, 5) is 16.8. The minimum atomic E-state index is 0.139. The fourth-order valence-electron chi connectivity index (χ4n) is 1.46. The van der Waals surface area contributed by atoms with Gasteiger partial charge in [-0.2, -0.15) is 0 Å². The molecule has 88 valence electrons. The molecule has 2 aromatic rings. The zero-order chi connectivity index (χ0) is 12.1. The lowest BCUT2D eigenvalue weighted by atomic mass is 10.1. The van der Waals surface area contributed by atoms with Gasteiger partial charge < -0.3 is 5.73 Å². The molecule has 0 radical (unpaired) electrons. The third-order valence-corrected chi connectivity index (χ3v) is 2.50. The highest BCUT2D eigenvalue weighted by Crippen LogP contribution is 2.10. The molecule has 2 rings (SSSR count). The van der Waals surface area contributed by atoms with Crippen molar-refractivity contribution < 1.29 is 0 Å². The smallest absolute Gasteiger partial charge is 0.179 e. The molecule has 0 aromatic carbocycles. The van der Waals surface area contributed by atoms with Crippen molar-refractivity contribution in [3.63, 3.8) is 0 Å². The number of nitrogens with zero attached hydrogens (tertiary/aromatic N) is 4. The molecule has 0 bridgehead atoms. The van der Waals surface area contributed by atoms with Crippen molar-refractivity contribution >= 4 is 0 Å². The van der Waals surface area contributed by atoms with Gasteiger partial charge in [0.05, 0.1) is 6.20 Å². The second-order valence-electron chi connectivity index (χ2n) is 3.83. The van der Waals surface area contributed by atoms with E-state index in [1.54, 1.807) is 24.8 Å². The largest absolute Gasteiger partial charge is 0.327 e. The lowest BCUT2D eigenvalue weighted by Gasteiger charge is -2.08. The maximum absolute atomic E-state index is 5.91. The van der Waals surface area contributed by atoms with Crippen LogP contribution in [0.2, 0.25) is 0 Å². The third kappa shape index (κ3) is 3.04. The van der Waals surface area contributed by atoms with E-state index in [0.29, 0.717) is 11.5 Å².